The molecule has 0 spiro atoms. The Morgan fingerprint density at radius 2 is 1.26 bits per heavy atom. The molecule has 0 fully saturated rings. The highest BCUT2D eigenvalue weighted by atomic mass is 16.1. The van der Waals surface area contributed by atoms with E-state index in [1.807, 2.05) is 72.8 Å². The molecule has 0 aliphatic heterocycles. The number of carbonyl (C=O) groups excluding carboxylic acids is 1. The molecule has 0 amide bonds. The molecular weight excluding hydrogens is 282 g/mol. The van der Waals surface area contributed by atoms with Gasteiger partial charge in [0.1, 0.15) is 0 Å². The highest BCUT2D eigenvalue weighted by Crippen LogP contribution is 2.19. The molecule has 3 rings (SSSR count). The number of ketones is 1. The predicted octanol–water partition coefficient (Wildman–Crippen LogP) is 5.16. The third-order valence-corrected chi connectivity index (χ3v) is 3.54. The summed E-state index contributed by atoms with van der Waals surface area (Å²) in [6, 6.07) is 27.5. The second-order valence-corrected chi connectivity index (χ2v) is 5.15. The van der Waals surface area contributed by atoms with Gasteiger partial charge in [-0.15, -0.1) is 0 Å². The number of anilines is 1. The van der Waals surface area contributed by atoms with E-state index in [4.69, 9.17) is 0 Å². The quantitative estimate of drug-likeness (QED) is 0.520. The second-order valence-electron chi connectivity index (χ2n) is 5.15. The van der Waals surface area contributed by atoms with Gasteiger partial charge in [-0.25, -0.2) is 0 Å². The van der Waals surface area contributed by atoms with Crippen LogP contribution in [0.4, 0.5) is 5.69 Å². The van der Waals surface area contributed by atoms with E-state index in [-0.39, 0.29) is 5.78 Å². The van der Waals surface area contributed by atoms with Crippen molar-refractivity contribution in [2.75, 3.05) is 5.32 Å². The van der Waals surface area contributed by atoms with Gasteiger partial charge >= 0.3 is 0 Å². The van der Waals surface area contributed by atoms with Crippen molar-refractivity contribution in [3.05, 3.63) is 103 Å². The summed E-state index contributed by atoms with van der Waals surface area (Å²) in [5.74, 6) is -0.0203. The minimum absolute atomic E-state index is 0.0203. The smallest absolute Gasteiger partial charge is 0.187 e. The van der Waals surface area contributed by atoms with Gasteiger partial charge in [0.25, 0.3) is 0 Å². The van der Waals surface area contributed by atoms with E-state index in [1.54, 1.807) is 12.3 Å². The summed E-state index contributed by atoms with van der Waals surface area (Å²) in [5, 5.41) is 3.08. The van der Waals surface area contributed by atoms with Crippen molar-refractivity contribution in [2.45, 2.75) is 0 Å². The fourth-order valence-electron chi connectivity index (χ4n) is 2.30. The minimum Gasteiger partial charge on any atom is -0.362 e. The van der Waals surface area contributed by atoms with Gasteiger partial charge in [0, 0.05) is 23.5 Å². The SMILES string of the molecule is O=C(/C=C\Nc1ccccc1)c1ccc(-c2ccccc2)cc1. The zero-order valence-corrected chi connectivity index (χ0v) is 12.6. The van der Waals surface area contributed by atoms with Crippen LogP contribution in [-0.4, -0.2) is 5.78 Å². The zero-order valence-electron chi connectivity index (χ0n) is 12.6. The number of allylic oxidation sites excluding steroid dienone is 1. The van der Waals surface area contributed by atoms with E-state index in [9.17, 15) is 4.79 Å². The van der Waals surface area contributed by atoms with Crippen molar-refractivity contribution in [1.29, 1.82) is 0 Å². The van der Waals surface area contributed by atoms with Gasteiger partial charge in [-0.1, -0.05) is 72.8 Å². The molecule has 0 aromatic heterocycles. The summed E-state index contributed by atoms with van der Waals surface area (Å²) in [6.45, 7) is 0. The normalized spacial score (nSPS) is 10.6. The van der Waals surface area contributed by atoms with Crippen LogP contribution in [0.15, 0.2) is 97.2 Å². The number of hydrogen-bond donors (Lipinski definition) is 1. The minimum atomic E-state index is -0.0203. The van der Waals surface area contributed by atoms with Gasteiger partial charge in [0.2, 0.25) is 0 Å². The van der Waals surface area contributed by atoms with Crippen molar-refractivity contribution in [3.63, 3.8) is 0 Å². The maximum Gasteiger partial charge on any atom is 0.187 e. The topological polar surface area (TPSA) is 29.1 Å². The maximum absolute atomic E-state index is 12.2. The molecule has 0 unspecified atom stereocenters. The molecule has 1 N–H and O–H groups in total. The van der Waals surface area contributed by atoms with Crippen LogP contribution < -0.4 is 5.32 Å². The summed E-state index contributed by atoms with van der Waals surface area (Å²) in [5.41, 5.74) is 3.88. The van der Waals surface area contributed by atoms with E-state index in [0.29, 0.717) is 5.56 Å². The van der Waals surface area contributed by atoms with Gasteiger partial charge in [-0.3, -0.25) is 4.79 Å². The van der Waals surface area contributed by atoms with Crippen LogP contribution in [-0.2, 0) is 0 Å². The molecule has 0 saturated carbocycles. The van der Waals surface area contributed by atoms with Crippen molar-refractivity contribution in [1.82, 2.24) is 0 Å². The van der Waals surface area contributed by atoms with E-state index in [1.165, 1.54) is 0 Å². The summed E-state index contributed by atoms with van der Waals surface area (Å²) >= 11 is 0. The first-order valence-corrected chi connectivity index (χ1v) is 7.51. The maximum atomic E-state index is 12.2. The molecule has 0 aliphatic rings. The number of benzene rings is 3. The molecule has 0 bridgehead atoms. The summed E-state index contributed by atoms with van der Waals surface area (Å²) < 4.78 is 0. The monoisotopic (exact) mass is 299 g/mol. The largest absolute Gasteiger partial charge is 0.362 e. The number of carbonyl (C=O) groups is 1. The molecule has 0 atom stereocenters. The van der Waals surface area contributed by atoms with Gasteiger partial charge in [-0.2, -0.15) is 0 Å². The van der Waals surface area contributed by atoms with E-state index in [0.717, 1.165) is 16.8 Å². The Kier molecular flexibility index (Phi) is 4.65. The van der Waals surface area contributed by atoms with Crippen molar-refractivity contribution in [3.8, 4) is 11.1 Å². The number of hydrogen-bond acceptors (Lipinski definition) is 2. The van der Waals surface area contributed by atoms with Gasteiger partial charge < -0.3 is 5.32 Å². The Bertz CT molecular complexity index is 790. The fraction of sp³-hybridized carbons (Fsp3) is 0. The lowest BCUT2D eigenvalue weighted by Gasteiger charge is -2.03. The van der Waals surface area contributed by atoms with E-state index in [2.05, 4.69) is 17.4 Å². The van der Waals surface area contributed by atoms with Crippen LogP contribution in [0, 0.1) is 0 Å². The third kappa shape index (κ3) is 3.95. The molecular formula is C21H17NO. The van der Waals surface area contributed by atoms with Crippen molar-refractivity contribution >= 4 is 11.5 Å². The standard InChI is InChI=1S/C21H17NO/c23-21(15-16-22-20-9-5-2-6-10-20)19-13-11-18(12-14-19)17-7-3-1-4-8-17/h1-16,22H/b16-15-. The average Bonchev–Trinajstić information content (AvgIpc) is 2.63. The van der Waals surface area contributed by atoms with Crippen LogP contribution in [0.25, 0.3) is 11.1 Å². The molecule has 0 radical (unpaired) electrons. The van der Waals surface area contributed by atoms with E-state index < -0.39 is 0 Å². The number of nitrogens with one attached hydrogen (secondary N) is 1. The molecule has 112 valence electrons. The predicted molar refractivity (Wildman–Crippen MR) is 95.4 cm³/mol. The Balaban J connectivity index is 1.66. The fourth-order valence-corrected chi connectivity index (χ4v) is 2.30. The lowest BCUT2D eigenvalue weighted by Crippen LogP contribution is -1.96. The third-order valence-electron chi connectivity index (χ3n) is 3.54. The molecule has 2 nitrogen and oxygen atoms in total. The van der Waals surface area contributed by atoms with Crippen LogP contribution in [0.2, 0.25) is 0 Å². The van der Waals surface area contributed by atoms with Crippen LogP contribution in [0.3, 0.4) is 0 Å². The average molecular weight is 299 g/mol. The Hall–Kier alpha value is -3.13. The van der Waals surface area contributed by atoms with Crippen LogP contribution >= 0.6 is 0 Å². The Morgan fingerprint density at radius 3 is 1.91 bits per heavy atom. The van der Waals surface area contributed by atoms with Crippen molar-refractivity contribution < 1.29 is 4.79 Å². The molecule has 2 heteroatoms. The summed E-state index contributed by atoms with van der Waals surface area (Å²) in [6.07, 6.45) is 3.22. The first kappa shape index (κ1) is 14.8. The molecule has 3 aromatic rings. The summed E-state index contributed by atoms with van der Waals surface area (Å²) in [7, 11) is 0. The molecule has 23 heavy (non-hydrogen) atoms. The lowest BCUT2D eigenvalue weighted by atomic mass is 10.0. The van der Waals surface area contributed by atoms with Gasteiger partial charge in [-0.05, 0) is 23.3 Å². The lowest BCUT2D eigenvalue weighted by molar-refractivity contribution is 0.104. The number of rotatable bonds is 5. The first-order valence-electron chi connectivity index (χ1n) is 7.51. The highest BCUT2D eigenvalue weighted by molar-refractivity contribution is 6.04. The molecule has 0 aliphatic carbocycles. The highest BCUT2D eigenvalue weighted by Gasteiger charge is 2.02. The molecule has 0 saturated heterocycles. The Labute approximate surface area is 136 Å². The first-order chi connectivity index (χ1) is 11.3. The number of para-hydroxylation sites is 1. The second kappa shape index (κ2) is 7.23. The zero-order chi connectivity index (χ0) is 15.9. The van der Waals surface area contributed by atoms with Gasteiger partial charge in [0.05, 0.1) is 0 Å². The van der Waals surface area contributed by atoms with Gasteiger partial charge in [0.15, 0.2) is 5.78 Å². The van der Waals surface area contributed by atoms with Crippen molar-refractivity contribution in [2.24, 2.45) is 0 Å². The van der Waals surface area contributed by atoms with E-state index >= 15 is 0 Å². The molecule has 0 heterocycles. The summed E-state index contributed by atoms with van der Waals surface area (Å²) in [4.78, 5) is 12.2. The van der Waals surface area contributed by atoms with Crippen LogP contribution in [0.1, 0.15) is 10.4 Å². The Morgan fingerprint density at radius 1 is 0.696 bits per heavy atom. The van der Waals surface area contributed by atoms with Crippen LogP contribution in [0.5, 0.6) is 0 Å². The molecule has 3 aromatic carbocycles.